The predicted molar refractivity (Wildman–Crippen MR) is 209 cm³/mol. The highest BCUT2D eigenvalue weighted by molar-refractivity contribution is 7.78. The monoisotopic (exact) mass is 669 g/mol. The van der Waals surface area contributed by atoms with Gasteiger partial charge in [-0.2, -0.15) is 0 Å². The number of hydrogen-bond donors (Lipinski definition) is 0. The van der Waals surface area contributed by atoms with Crippen LogP contribution < -0.4 is 31.8 Å². The summed E-state index contributed by atoms with van der Waals surface area (Å²) in [5.41, 5.74) is 0. The van der Waals surface area contributed by atoms with Crippen LogP contribution >= 0.6 is 23.0 Å². The Hall–Kier alpha value is -3.63. The molecule has 0 aliphatic rings. The summed E-state index contributed by atoms with van der Waals surface area (Å²) in [6.45, 7) is 2.68. The normalized spacial score (nSPS) is 11.7. The van der Waals surface area contributed by atoms with Gasteiger partial charge in [0.25, 0.3) is 0 Å². The molecule has 2 nitrogen and oxygen atoms in total. The van der Waals surface area contributed by atoms with Crippen LogP contribution in [0, 0.1) is 0 Å². The van der Waals surface area contributed by atoms with Crippen LogP contribution in [0.5, 0.6) is 0 Å². The Morgan fingerprint density at radius 2 is 0.660 bits per heavy atom. The molecule has 0 heterocycles. The molecule has 0 fully saturated rings. The molecule has 47 heavy (non-hydrogen) atoms. The van der Waals surface area contributed by atoms with Crippen molar-refractivity contribution in [1.82, 2.24) is 4.90 Å². The van der Waals surface area contributed by atoms with E-state index in [0.29, 0.717) is 6.16 Å². The first-order valence-electron chi connectivity index (χ1n) is 16.4. The van der Waals surface area contributed by atoms with Crippen molar-refractivity contribution in [2.45, 2.75) is 0 Å². The second kappa shape index (κ2) is 17.0. The summed E-state index contributed by atoms with van der Waals surface area (Å²) in [5, 5.41) is 7.51. The summed E-state index contributed by atoms with van der Waals surface area (Å²) >= 11 is 0. The van der Waals surface area contributed by atoms with Gasteiger partial charge in [-0.1, -0.05) is 182 Å². The van der Waals surface area contributed by atoms with Crippen molar-refractivity contribution in [1.29, 1.82) is 0 Å². The molecular weight excluding hydrogens is 627 g/mol. The largest absolute Gasteiger partial charge is 0.314 e. The van der Waals surface area contributed by atoms with Gasteiger partial charge >= 0.3 is 0 Å². The number of hydrogen-bond acceptors (Lipinski definition) is 2. The van der Waals surface area contributed by atoms with E-state index >= 15 is 4.57 Å². The molecule has 0 atom stereocenters. The lowest BCUT2D eigenvalue weighted by Crippen LogP contribution is -2.36. The van der Waals surface area contributed by atoms with E-state index in [4.69, 9.17) is 0 Å². The number of nitrogens with zero attached hydrogens (tertiary/aromatic N) is 1. The molecule has 0 aliphatic carbocycles. The van der Waals surface area contributed by atoms with Crippen LogP contribution in [0.3, 0.4) is 0 Å². The fourth-order valence-electron chi connectivity index (χ4n) is 6.09. The first-order chi connectivity index (χ1) is 23.2. The fourth-order valence-corrected chi connectivity index (χ4v) is 13.5. The average Bonchev–Trinajstić information content (AvgIpc) is 3.16. The van der Waals surface area contributed by atoms with E-state index in [1.54, 1.807) is 0 Å². The second-order valence-corrected chi connectivity index (χ2v) is 19.3. The summed E-state index contributed by atoms with van der Waals surface area (Å²) in [4.78, 5) is 2.61. The van der Waals surface area contributed by atoms with Crippen LogP contribution in [0.25, 0.3) is 0 Å². The first kappa shape index (κ1) is 33.3. The van der Waals surface area contributed by atoms with Gasteiger partial charge in [-0.25, -0.2) is 0 Å². The molecule has 0 amide bonds. The SMILES string of the molecule is O=P(CCN(CCP(c1ccccc1)c1ccccc1)CCP(c1ccccc1)c1ccccc1)(c1ccccc1)c1ccccc1. The Morgan fingerprint density at radius 1 is 0.383 bits per heavy atom. The number of rotatable bonds is 15. The Morgan fingerprint density at radius 3 is 0.957 bits per heavy atom. The van der Waals surface area contributed by atoms with Crippen molar-refractivity contribution in [3.8, 4) is 0 Å². The van der Waals surface area contributed by atoms with Crippen LogP contribution in [0.4, 0.5) is 0 Å². The highest BCUT2D eigenvalue weighted by Crippen LogP contribution is 2.43. The van der Waals surface area contributed by atoms with E-state index in [2.05, 4.69) is 126 Å². The van der Waals surface area contributed by atoms with Crippen LogP contribution in [0.15, 0.2) is 182 Å². The minimum absolute atomic E-state index is 0.529. The van der Waals surface area contributed by atoms with Gasteiger partial charge in [-0.3, -0.25) is 0 Å². The maximum absolute atomic E-state index is 15.1. The van der Waals surface area contributed by atoms with E-state index in [9.17, 15) is 0 Å². The van der Waals surface area contributed by atoms with E-state index < -0.39 is 23.0 Å². The molecule has 0 spiro atoms. The minimum atomic E-state index is -2.84. The summed E-state index contributed by atoms with van der Waals surface area (Å²) in [7, 11) is -3.89. The lowest BCUT2D eigenvalue weighted by molar-refractivity contribution is 0.326. The topological polar surface area (TPSA) is 20.3 Å². The van der Waals surface area contributed by atoms with E-state index in [1.807, 2.05) is 60.7 Å². The van der Waals surface area contributed by atoms with Crippen molar-refractivity contribution < 1.29 is 4.57 Å². The van der Waals surface area contributed by atoms with Crippen molar-refractivity contribution in [3.63, 3.8) is 0 Å². The smallest absolute Gasteiger partial charge is 0.144 e. The molecule has 0 radical (unpaired) electrons. The van der Waals surface area contributed by atoms with Gasteiger partial charge in [0.05, 0.1) is 0 Å². The molecule has 0 aromatic heterocycles. The third-order valence-corrected chi connectivity index (χ3v) is 16.7. The van der Waals surface area contributed by atoms with Gasteiger partial charge in [0.15, 0.2) is 0 Å². The molecule has 6 aromatic carbocycles. The average molecular weight is 670 g/mol. The van der Waals surface area contributed by atoms with Gasteiger partial charge in [0, 0.05) is 36.4 Å². The van der Waals surface area contributed by atoms with Crippen LogP contribution in [-0.4, -0.2) is 43.0 Å². The zero-order valence-corrected chi connectivity index (χ0v) is 29.4. The summed E-state index contributed by atoms with van der Waals surface area (Å²) in [5.74, 6) is 0. The predicted octanol–water partition coefficient (Wildman–Crippen LogP) is 7.57. The molecule has 236 valence electrons. The Bertz CT molecular complexity index is 1600. The molecular formula is C42H42NOP3. The lowest BCUT2D eigenvalue weighted by atomic mass is 10.4. The second-order valence-electron chi connectivity index (χ2n) is 11.6. The van der Waals surface area contributed by atoms with Gasteiger partial charge in [-0.05, 0) is 49.4 Å². The van der Waals surface area contributed by atoms with Crippen molar-refractivity contribution in [3.05, 3.63) is 182 Å². The Kier molecular flexibility index (Phi) is 12.0. The maximum atomic E-state index is 15.1. The third-order valence-electron chi connectivity index (χ3n) is 8.63. The standard InChI is InChI=1S/C42H42NOP3/c44-47(41-27-15-5-16-28-41,42-29-17-6-18-30-42)36-33-43(31-34-45(37-19-7-1-8-20-37)38-21-9-2-10-22-38)32-35-46(39-23-11-3-12-24-39)40-25-13-4-14-26-40/h1-30H,31-36H2. The highest BCUT2D eigenvalue weighted by atomic mass is 31.2. The molecule has 0 unspecified atom stereocenters. The van der Waals surface area contributed by atoms with E-state index in [1.165, 1.54) is 21.2 Å². The van der Waals surface area contributed by atoms with E-state index in [-0.39, 0.29) is 0 Å². The quantitative estimate of drug-likeness (QED) is 0.105. The highest BCUT2D eigenvalue weighted by Gasteiger charge is 2.28. The Balaban J connectivity index is 1.30. The first-order valence-corrected chi connectivity index (χ1v) is 21.3. The molecule has 0 aliphatic heterocycles. The van der Waals surface area contributed by atoms with Crippen LogP contribution in [-0.2, 0) is 4.57 Å². The minimum Gasteiger partial charge on any atom is -0.314 e. The molecule has 5 heteroatoms. The third kappa shape index (κ3) is 8.84. The van der Waals surface area contributed by atoms with Gasteiger partial charge in [0.2, 0.25) is 0 Å². The fraction of sp³-hybridized carbons (Fsp3) is 0.143. The lowest BCUT2D eigenvalue weighted by Gasteiger charge is -2.30. The summed E-state index contributed by atoms with van der Waals surface area (Å²) < 4.78 is 15.1. The van der Waals surface area contributed by atoms with Gasteiger partial charge in [0.1, 0.15) is 7.14 Å². The molecule has 0 N–H and O–H groups in total. The molecule has 6 rings (SSSR count). The molecule has 0 bridgehead atoms. The Labute approximate surface area is 283 Å². The number of benzene rings is 6. The van der Waals surface area contributed by atoms with Crippen LogP contribution in [0.1, 0.15) is 0 Å². The van der Waals surface area contributed by atoms with Crippen molar-refractivity contribution in [2.75, 3.05) is 38.1 Å². The van der Waals surface area contributed by atoms with Crippen molar-refractivity contribution in [2.24, 2.45) is 0 Å². The van der Waals surface area contributed by atoms with Crippen LogP contribution in [0.2, 0.25) is 0 Å². The van der Waals surface area contributed by atoms with E-state index in [0.717, 1.165) is 42.6 Å². The zero-order chi connectivity index (χ0) is 32.2. The molecule has 0 saturated heterocycles. The van der Waals surface area contributed by atoms with Gasteiger partial charge in [-0.15, -0.1) is 0 Å². The summed E-state index contributed by atoms with van der Waals surface area (Å²) in [6.07, 6.45) is 2.72. The maximum Gasteiger partial charge on any atom is 0.144 e. The zero-order valence-electron chi connectivity index (χ0n) is 26.8. The van der Waals surface area contributed by atoms with Crippen molar-refractivity contribution >= 4 is 54.8 Å². The summed E-state index contributed by atoms with van der Waals surface area (Å²) in [6, 6.07) is 64.3. The molecule has 0 saturated carbocycles. The molecule has 6 aromatic rings. The van der Waals surface area contributed by atoms with Gasteiger partial charge < -0.3 is 9.46 Å².